The zero-order valence-electron chi connectivity index (χ0n) is 18.9. The van der Waals surface area contributed by atoms with Crippen LogP contribution >= 0.6 is 0 Å². The fraction of sp³-hybridized carbons (Fsp3) is 0.409. The summed E-state index contributed by atoms with van der Waals surface area (Å²) >= 11 is 0. The highest BCUT2D eigenvalue weighted by molar-refractivity contribution is 7.89. The highest BCUT2D eigenvalue weighted by Crippen LogP contribution is 2.30. The summed E-state index contributed by atoms with van der Waals surface area (Å²) in [6, 6.07) is 12.4. The number of hydrogen-bond acceptors (Lipinski definition) is 5. The van der Waals surface area contributed by atoms with Crippen LogP contribution in [0.2, 0.25) is 0 Å². The maximum absolute atomic E-state index is 12.8. The van der Waals surface area contributed by atoms with E-state index in [1.165, 1.54) is 0 Å². The lowest BCUT2D eigenvalue weighted by atomic mass is 10.1. The first-order valence-electron chi connectivity index (χ1n) is 10.00. The second-order valence-electron chi connectivity index (χ2n) is 7.81. The second kappa shape index (κ2) is 10.5. The van der Waals surface area contributed by atoms with Crippen LogP contribution in [0.15, 0.2) is 52.4 Å². The number of hydrogen-bond donors (Lipinski definition) is 3. The number of benzene rings is 2. The van der Waals surface area contributed by atoms with E-state index in [0.717, 1.165) is 5.69 Å². The Kier molecular flexibility index (Phi) is 8.29. The van der Waals surface area contributed by atoms with Gasteiger partial charge in [0, 0.05) is 30.9 Å². The van der Waals surface area contributed by atoms with E-state index < -0.39 is 15.6 Å². The van der Waals surface area contributed by atoms with Gasteiger partial charge in [-0.1, -0.05) is 18.2 Å². The second-order valence-corrected chi connectivity index (χ2v) is 9.46. The van der Waals surface area contributed by atoms with Gasteiger partial charge < -0.3 is 20.1 Å². The third kappa shape index (κ3) is 7.15. The minimum Gasteiger partial charge on any atom is -0.493 e. The molecule has 0 amide bonds. The number of sulfonamides is 1. The Labute approximate surface area is 185 Å². The van der Waals surface area contributed by atoms with E-state index in [2.05, 4.69) is 20.3 Å². The van der Waals surface area contributed by atoms with E-state index in [-0.39, 0.29) is 11.4 Å². The third-order valence-corrected chi connectivity index (χ3v) is 5.96. The number of rotatable bonds is 8. The number of nitrogens with zero attached hydrogens (tertiary/aromatic N) is 1. The highest BCUT2D eigenvalue weighted by Gasteiger charge is 2.24. The summed E-state index contributed by atoms with van der Waals surface area (Å²) in [5.74, 6) is 1.75. The molecule has 170 valence electrons. The normalized spacial score (nSPS) is 12.4. The van der Waals surface area contributed by atoms with E-state index in [0.29, 0.717) is 29.6 Å². The maximum Gasteiger partial charge on any atom is 0.241 e. The summed E-state index contributed by atoms with van der Waals surface area (Å²) in [6.07, 6.45) is 0. The average molecular weight is 449 g/mol. The lowest BCUT2D eigenvalue weighted by Crippen LogP contribution is -2.41. The molecule has 0 aliphatic rings. The van der Waals surface area contributed by atoms with E-state index in [9.17, 15) is 8.42 Å². The first-order chi connectivity index (χ1) is 14.6. The van der Waals surface area contributed by atoms with Gasteiger partial charge in [0.2, 0.25) is 10.0 Å². The van der Waals surface area contributed by atoms with E-state index in [4.69, 9.17) is 9.47 Å². The fourth-order valence-electron chi connectivity index (χ4n) is 2.89. The molecule has 31 heavy (non-hydrogen) atoms. The molecule has 0 fully saturated rings. The first-order valence-corrected chi connectivity index (χ1v) is 11.5. The van der Waals surface area contributed by atoms with Gasteiger partial charge in [0.25, 0.3) is 0 Å². The maximum atomic E-state index is 12.8. The predicted molar refractivity (Wildman–Crippen MR) is 125 cm³/mol. The van der Waals surface area contributed by atoms with Crippen LogP contribution in [0.5, 0.6) is 11.5 Å². The molecule has 0 saturated heterocycles. The number of methoxy groups -OCH3 is 1. The molecule has 3 N–H and O–H groups in total. The van der Waals surface area contributed by atoms with Crippen LogP contribution < -0.4 is 24.8 Å². The first kappa shape index (κ1) is 24.5. The van der Waals surface area contributed by atoms with Crippen molar-refractivity contribution in [3.63, 3.8) is 0 Å². The Balaban J connectivity index is 2.17. The van der Waals surface area contributed by atoms with Crippen molar-refractivity contribution in [2.45, 2.75) is 44.7 Å². The molecule has 9 heteroatoms. The molecular formula is C22H32N4O4S. The molecule has 0 bridgehead atoms. The molecule has 0 unspecified atom stereocenters. The van der Waals surface area contributed by atoms with Crippen molar-refractivity contribution in [2.75, 3.05) is 26.1 Å². The van der Waals surface area contributed by atoms with Crippen LogP contribution in [0.25, 0.3) is 0 Å². The van der Waals surface area contributed by atoms with Crippen molar-refractivity contribution >= 4 is 21.7 Å². The van der Waals surface area contributed by atoms with Crippen LogP contribution in [0.1, 0.15) is 33.3 Å². The SMILES string of the molecule is CCOc1cc(NC(=NC)NCc2ccccc2S(=O)(=O)NC(C)(C)C)ccc1OC. The smallest absolute Gasteiger partial charge is 0.241 e. The molecule has 0 radical (unpaired) electrons. The molecule has 0 atom stereocenters. The molecule has 0 aliphatic heterocycles. The molecule has 0 heterocycles. The van der Waals surface area contributed by atoms with E-state index in [1.807, 2.05) is 39.8 Å². The molecule has 0 aliphatic carbocycles. The zero-order valence-corrected chi connectivity index (χ0v) is 19.8. The van der Waals surface area contributed by atoms with Gasteiger partial charge in [-0.2, -0.15) is 0 Å². The summed E-state index contributed by atoms with van der Waals surface area (Å²) in [4.78, 5) is 4.46. The van der Waals surface area contributed by atoms with Crippen molar-refractivity contribution in [3.05, 3.63) is 48.0 Å². The van der Waals surface area contributed by atoms with Gasteiger partial charge in [-0.05, 0) is 51.5 Å². The summed E-state index contributed by atoms with van der Waals surface area (Å²) < 4.78 is 39.3. The van der Waals surface area contributed by atoms with Crippen LogP contribution in [0, 0.1) is 0 Å². The van der Waals surface area contributed by atoms with Crippen molar-refractivity contribution < 1.29 is 17.9 Å². The molecule has 8 nitrogen and oxygen atoms in total. The number of guanidine groups is 1. The fourth-order valence-corrected chi connectivity index (χ4v) is 4.55. The van der Waals surface area contributed by atoms with E-state index >= 15 is 0 Å². The summed E-state index contributed by atoms with van der Waals surface area (Å²) in [6.45, 7) is 8.11. The molecule has 2 rings (SSSR count). The monoisotopic (exact) mass is 448 g/mol. The third-order valence-electron chi connectivity index (χ3n) is 4.10. The van der Waals surface area contributed by atoms with Gasteiger partial charge in [0.05, 0.1) is 18.6 Å². The summed E-state index contributed by atoms with van der Waals surface area (Å²) in [5.41, 5.74) is 0.809. The topological polar surface area (TPSA) is 101 Å². The largest absolute Gasteiger partial charge is 0.493 e. The van der Waals surface area contributed by atoms with Crippen LogP contribution in [-0.4, -0.2) is 40.7 Å². The van der Waals surface area contributed by atoms with Gasteiger partial charge in [-0.15, -0.1) is 0 Å². The highest BCUT2D eigenvalue weighted by atomic mass is 32.2. The van der Waals surface area contributed by atoms with Crippen molar-refractivity contribution in [1.29, 1.82) is 0 Å². The molecule has 0 saturated carbocycles. The Morgan fingerprint density at radius 1 is 1.10 bits per heavy atom. The predicted octanol–water partition coefficient (Wildman–Crippen LogP) is 3.36. The Hall–Kier alpha value is -2.78. The Bertz CT molecular complexity index is 1010. The standard InChI is InChI=1S/C22H32N4O4S/c1-7-30-19-14-17(12-13-18(19)29-6)25-21(23-5)24-15-16-10-8-9-11-20(16)31(27,28)26-22(2,3)4/h8-14,26H,7,15H2,1-6H3,(H2,23,24,25). The number of anilines is 1. The molecule has 0 aromatic heterocycles. The zero-order chi connectivity index (χ0) is 23.1. The summed E-state index contributed by atoms with van der Waals surface area (Å²) in [7, 11) is -0.429. The van der Waals surface area contributed by atoms with Crippen molar-refractivity contribution in [1.82, 2.24) is 10.0 Å². The van der Waals surface area contributed by atoms with Gasteiger partial charge in [0.1, 0.15) is 0 Å². The molecular weight excluding hydrogens is 416 g/mol. The lowest BCUT2D eigenvalue weighted by molar-refractivity contribution is 0.311. The van der Waals surface area contributed by atoms with Crippen molar-refractivity contribution in [3.8, 4) is 11.5 Å². The number of aliphatic imine (C=N–C) groups is 1. The minimum atomic E-state index is -3.66. The van der Waals surface area contributed by atoms with Crippen LogP contribution in [-0.2, 0) is 16.6 Å². The van der Waals surface area contributed by atoms with Gasteiger partial charge >= 0.3 is 0 Å². The van der Waals surface area contributed by atoms with Gasteiger partial charge in [-0.3, -0.25) is 4.99 Å². The molecule has 0 spiro atoms. The number of nitrogens with one attached hydrogen (secondary N) is 3. The van der Waals surface area contributed by atoms with Gasteiger partial charge in [0.15, 0.2) is 17.5 Å². The Morgan fingerprint density at radius 2 is 1.81 bits per heavy atom. The lowest BCUT2D eigenvalue weighted by Gasteiger charge is -2.22. The minimum absolute atomic E-state index is 0.232. The number of ether oxygens (including phenoxy) is 2. The van der Waals surface area contributed by atoms with Crippen LogP contribution in [0.3, 0.4) is 0 Å². The van der Waals surface area contributed by atoms with Crippen LogP contribution in [0.4, 0.5) is 5.69 Å². The quantitative estimate of drug-likeness (QED) is 0.423. The molecule has 2 aromatic carbocycles. The van der Waals surface area contributed by atoms with Crippen molar-refractivity contribution in [2.24, 2.45) is 4.99 Å². The molecule has 2 aromatic rings. The van der Waals surface area contributed by atoms with Gasteiger partial charge in [-0.25, -0.2) is 13.1 Å². The van der Waals surface area contributed by atoms with E-state index in [1.54, 1.807) is 44.5 Å². The Morgan fingerprint density at radius 3 is 2.42 bits per heavy atom. The summed E-state index contributed by atoms with van der Waals surface area (Å²) in [5, 5.41) is 6.35. The average Bonchev–Trinajstić information content (AvgIpc) is 2.70.